The van der Waals surface area contributed by atoms with E-state index in [0.717, 1.165) is 5.56 Å². The van der Waals surface area contributed by atoms with Gasteiger partial charge in [-0.1, -0.05) is 30.3 Å². The molecular weight excluding hydrogens is 386 g/mol. The van der Waals surface area contributed by atoms with Gasteiger partial charge >= 0.3 is 5.97 Å². The van der Waals surface area contributed by atoms with Crippen LogP contribution in [0, 0.1) is 6.92 Å². The second-order valence-corrected chi connectivity index (χ2v) is 6.57. The number of aromatic nitrogens is 3. The number of esters is 1. The number of nitrogens with two attached hydrogens (primary N) is 1. The average molecular weight is 409 g/mol. The summed E-state index contributed by atoms with van der Waals surface area (Å²) in [5, 5.41) is 7.07. The van der Waals surface area contributed by atoms with E-state index in [2.05, 4.69) is 20.1 Å². The Kier molecular flexibility index (Phi) is 6.63. The third kappa shape index (κ3) is 5.34. The van der Waals surface area contributed by atoms with E-state index in [4.69, 9.17) is 10.5 Å². The predicted octanol–water partition coefficient (Wildman–Crippen LogP) is 1.70. The standard InChI is InChI=1S/C21H23N5O4/c1-14-17(18(8-19(22)25-14)30-13-20(27)29-2)10-23-21(28)16-9-24-26(12-16)11-15-6-4-3-5-7-15/h3-9,12H,10-11,13H2,1-2H3,(H2,22,25)(H,23,28). The molecule has 0 aliphatic carbocycles. The van der Waals surface area contributed by atoms with Gasteiger partial charge in [-0.3, -0.25) is 9.48 Å². The van der Waals surface area contributed by atoms with Crippen LogP contribution < -0.4 is 15.8 Å². The fourth-order valence-electron chi connectivity index (χ4n) is 2.84. The van der Waals surface area contributed by atoms with Crippen LogP contribution in [0.1, 0.15) is 27.2 Å². The number of hydrogen-bond acceptors (Lipinski definition) is 7. The zero-order valence-electron chi connectivity index (χ0n) is 16.8. The molecule has 9 heteroatoms. The molecule has 0 aliphatic rings. The van der Waals surface area contributed by atoms with Crippen molar-refractivity contribution in [3.05, 3.63) is 71.2 Å². The Balaban J connectivity index is 1.66. The van der Waals surface area contributed by atoms with Crippen molar-refractivity contribution in [3.8, 4) is 5.75 Å². The maximum atomic E-state index is 12.6. The van der Waals surface area contributed by atoms with Gasteiger partial charge in [0.25, 0.3) is 5.91 Å². The van der Waals surface area contributed by atoms with E-state index in [0.29, 0.717) is 29.1 Å². The molecule has 0 saturated heterocycles. The molecule has 3 aromatic rings. The van der Waals surface area contributed by atoms with Crippen LogP contribution in [0.15, 0.2) is 48.8 Å². The number of pyridine rings is 1. The largest absolute Gasteiger partial charge is 0.481 e. The topological polar surface area (TPSA) is 121 Å². The van der Waals surface area contributed by atoms with E-state index in [1.165, 1.54) is 19.4 Å². The van der Waals surface area contributed by atoms with E-state index in [9.17, 15) is 9.59 Å². The second-order valence-electron chi connectivity index (χ2n) is 6.57. The van der Waals surface area contributed by atoms with Crippen molar-refractivity contribution < 1.29 is 19.1 Å². The van der Waals surface area contributed by atoms with Gasteiger partial charge in [0.15, 0.2) is 6.61 Å². The summed E-state index contributed by atoms with van der Waals surface area (Å²) < 4.78 is 11.8. The summed E-state index contributed by atoms with van der Waals surface area (Å²) in [5.41, 5.74) is 8.51. The molecule has 9 nitrogen and oxygen atoms in total. The molecule has 1 aromatic carbocycles. The summed E-state index contributed by atoms with van der Waals surface area (Å²) in [4.78, 5) is 28.1. The molecule has 0 unspecified atom stereocenters. The number of nitrogen functional groups attached to an aromatic ring is 1. The molecule has 30 heavy (non-hydrogen) atoms. The van der Waals surface area contributed by atoms with Crippen LogP contribution in [0.3, 0.4) is 0 Å². The van der Waals surface area contributed by atoms with Crippen molar-refractivity contribution in [2.75, 3.05) is 19.5 Å². The Hall–Kier alpha value is -3.88. The zero-order chi connectivity index (χ0) is 21.5. The number of carbonyl (C=O) groups is 2. The summed E-state index contributed by atoms with van der Waals surface area (Å²) in [6.07, 6.45) is 3.20. The minimum absolute atomic E-state index is 0.151. The van der Waals surface area contributed by atoms with Crippen molar-refractivity contribution in [1.82, 2.24) is 20.1 Å². The second kappa shape index (κ2) is 9.55. The van der Waals surface area contributed by atoms with Crippen LogP contribution in [-0.4, -0.2) is 40.4 Å². The van der Waals surface area contributed by atoms with E-state index < -0.39 is 5.97 Å². The first-order valence-electron chi connectivity index (χ1n) is 9.26. The Labute approximate surface area is 173 Å². The van der Waals surface area contributed by atoms with Gasteiger partial charge in [0.1, 0.15) is 11.6 Å². The summed E-state index contributed by atoms with van der Waals surface area (Å²) in [5.74, 6) is -0.191. The van der Waals surface area contributed by atoms with Crippen LogP contribution in [0.2, 0.25) is 0 Å². The molecule has 0 spiro atoms. The number of amides is 1. The maximum absolute atomic E-state index is 12.6. The minimum atomic E-state index is -0.524. The quantitative estimate of drug-likeness (QED) is 0.543. The Morgan fingerprint density at radius 3 is 2.73 bits per heavy atom. The third-order valence-electron chi connectivity index (χ3n) is 4.39. The van der Waals surface area contributed by atoms with Crippen LogP contribution >= 0.6 is 0 Å². The number of hydrogen-bond donors (Lipinski definition) is 2. The van der Waals surface area contributed by atoms with Gasteiger partial charge in [-0.25, -0.2) is 9.78 Å². The number of methoxy groups -OCH3 is 1. The van der Waals surface area contributed by atoms with Gasteiger partial charge < -0.3 is 20.5 Å². The predicted molar refractivity (Wildman–Crippen MR) is 110 cm³/mol. The van der Waals surface area contributed by atoms with Crippen LogP contribution in [0.5, 0.6) is 5.75 Å². The van der Waals surface area contributed by atoms with E-state index in [-0.39, 0.29) is 24.9 Å². The van der Waals surface area contributed by atoms with Crippen LogP contribution in [0.4, 0.5) is 5.82 Å². The average Bonchev–Trinajstić information content (AvgIpc) is 3.20. The molecule has 3 rings (SSSR count). The maximum Gasteiger partial charge on any atom is 0.343 e. The Morgan fingerprint density at radius 2 is 2.00 bits per heavy atom. The Morgan fingerprint density at radius 1 is 1.23 bits per heavy atom. The number of rotatable bonds is 8. The highest BCUT2D eigenvalue weighted by atomic mass is 16.6. The summed E-state index contributed by atoms with van der Waals surface area (Å²) in [6.45, 7) is 2.20. The minimum Gasteiger partial charge on any atom is -0.481 e. The smallest absolute Gasteiger partial charge is 0.343 e. The molecule has 2 heterocycles. The van der Waals surface area contributed by atoms with Crippen molar-refractivity contribution in [2.24, 2.45) is 0 Å². The van der Waals surface area contributed by atoms with Gasteiger partial charge in [0.05, 0.1) is 25.4 Å². The van der Waals surface area contributed by atoms with E-state index >= 15 is 0 Å². The van der Waals surface area contributed by atoms with Crippen molar-refractivity contribution in [2.45, 2.75) is 20.0 Å². The first-order valence-corrected chi connectivity index (χ1v) is 9.26. The van der Waals surface area contributed by atoms with E-state index in [1.807, 2.05) is 30.3 Å². The van der Waals surface area contributed by atoms with Gasteiger partial charge in [-0.05, 0) is 12.5 Å². The number of anilines is 1. The van der Waals surface area contributed by atoms with Gasteiger partial charge in [0, 0.05) is 30.1 Å². The number of nitrogens with zero attached hydrogens (tertiary/aromatic N) is 3. The molecule has 0 atom stereocenters. The highest BCUT2D eigenvalue weighted by Gasteiger charge is 2.15. The number of aryl methyl sites for hydroxylation is 1. The first-order chi connectivity index (χ1) is 14.5. The first kappa shape index (κ1) is 20.8. The monoisotopic (exact) mass is 409 g/mol. The van der Waals surface area contributed by atoms with Crippen molar-refractivity contribution in [1.29, 1.82) is 0 Å². The molecule has 0 radical (unpaired) electrons. The fourth-order valence-corrected chi connectivity index (χ4v) is 2.84. The van der Waals surface area contributed by atoms with Crippen molar-refractivity contribution in [3.63, 3.8) is 0 Å². The summed E-state index contributed by atoms with van der Waals surface area (Å²) in [7, 11) is 1.27. The number of nitrogens with one attached hydrogen (secondary N) is 1. The Bertz CT molecular complexity index is 1030. The van der Waals surface area contributed by atoms with Gasteiger partial charge in [-0.15, -0.1) is 0 Å². The fraction of sp³-hybridized carbons (Fsp3) is 0.238. The molecule has 1 amide bonds. The lowest BCUT2D eigenvalue weighted by Crippen LogP contribution is -2.24. The molecular formula is C21H23N5O4. The number of carbonyl (C=O) groups excluding carboxylic acids is 2. The highest BCUT2D eigenvalue weighted by molar-refractivity contribution is 5.93. The lowest BCUT2D eigenvalue weighted by Gasteiger charge is -2.14. The molecule has 156 valence electrons. The lowest BCUT2D eigenvalue weighted by atomic mass is 10.1. The summed E-state index contributed by atoms with van der Waals surface area (Å²) in [6, 6.07) is 11.4. The van der Waals surface area contributed by atoms with Crippen LogP contribution in [0.25, 0.3) is 0 Å². The normalized spacial score (nSPS) is 10.5. The highest BCUT2D eigenvalue weighted by Crippen LogP contribution is 2.23. The molecule has 0 aliphatic heterocycles. The molecule has 0 fully saturated rings. The lowest BCUT2D eigenvalue weighted by molar-refractivity contribution is -0.142. The van der Waals surface area contributed by atoms with Crippen LogP contribution in [-0.2, 0) is 22.6 Å². The number of ether oxygens (including phenoxy) is 2. The molecule has 2 aromatic heterocycles. The molecule has 3 N–H and O–H groups in total. The van der Waals surface area contributed by atoms with Gasteiger partial charge in [0.2, 0.25) is 0 Å². The molecule has 0 bridgehead atoms. The summed E-state index contributed by atoms with van der Waals surface area (Å²) >= 11 is 0. The SMILES string of the molecule is COC(=O)COc1cc(N)nc(C)c1CNC(=O)c1cnn(Cc2ccccc2)c1. The number of benzene rings is 1. The van der Waals surface area contributed by atoms with E-state index in [1.54, 1.807) is 17.8 Å². The zero-order valence-corrected chi connectivity index (χ0v) is 16.8. The molecule has 0 saturated carbocycles. The van der Waals surface area contributed by atoms with Crippen molar-refractivity contribution >= 4 is 17.7 Å². The third-order valence-corrected chi connectivity index (χ3v) is 4.39. The van der Waals surface area contributed by atoms with Gasteiger partial charge in [-0.2, -0.15) is 5.10 Å².